The van der Waals surface area contributed by atoms with Gasteiger partial charge in [0.1, 0.15) is 0 Å². The molecule has 3 heteroatoms. The number of sulfone groups is 1. The highest BCUT2D eigenvalue weighted by Gasteiger charge is 2.16. The number of hydrogen-bond donors (Lipinski definition) is 0. The van der Waals surface area contributed by atoms with E-state index < -0.39 is 9.84 Å². The standard InChI is InChI=1S/C15H18O2S/c1-2-3-6-12-18(16,17)15-11-7-9-13-8-4-5-10-14(13)15/h4-5,7-11H,2-3,6,12H2,1H3. The molecule has 0 heterocycles. The molecule has 2 nitrogen and oxygen atoms in total. The molecule has 0 spiro atoms. The maximum absolute atomic E-state index is 12.3. The van der Waals surface area contributed by atoms with Crippen LogP contribution in [-0.2, 0) is 9.84 Å². The third-order valence-corrected chi connectivity index (χ3v) is 4.95. The van der Waals surface area contributed by atoms with Gasteiger partial charge in [-0.1, -0.05) is 56.2 Å². The van der Waals surface area contributed by atoms with Crippen LogP contribution in [0, 0.1) is 0 Å². The monoisotopic (exact) mass is 262 g/mol. The molecule has 0 aromatic heterocycles. The second-order valence-corrected chi connectivity index (χ2v) is 6.58. The van der Waals surface area contributed by atoms with Gasteiger partial charge in [0.25, 0.3) is 0 Å². The molecule has 0 aliphatic carbocycles. The molecule has 0 N–H and O–H groups in total. The lowest BCUT2D eigenvalue weighted by Crippen LogP contribution is -2.07. The summed E-state index contributed by atoms with van der Waals surface area (Å²) < 4.78 is 24.6. The highest BCUT2D eigenvalue weighted by atomic mass is 32.2. The number of fused-ring (bicyclic) bond motifs is 1. The minimum atomic E-state index is -3.16. The molecular formula is C15H18O2S. The molecule has 0 fully saturated rings. The van der Waals surface area contributed by atoms with Crippen molar-refractivity contribution in [1.29, 1.82) is 0 Å². The van der Waals surface area contributed by atoms with Crippen LogP contribution in [-0.4, -0.2) is 14.2 Å². The van der Waals surface area contributed by atoms with Crippen LogP contribution >= 0.6 is 0 Å². The Hall–Kier alpha value is -1.35. The van der Waals surface area contributed by atoms with Gasteiger partial charge in [-0.15, -0.1) is 0 Å². The Morgan fingerprint density at radius 1 is 0.944 bits per heavy atom. The molecule has 2 rings (SSSR count). The predicted octanol–water partition coefficient (Wildman–Crippen LogP) is 3.80. The average molecular weight is 262 g/mol. The molecule has 0 unspecified atom stereocenters. The van der Waals surface area contributed by atoms with Gasteiger partial charge in [-0.2, -0.15) is 0 Å². The van der Waals surface area contributed by atoms with Gasteiger partial charge in [0.05, 0.1) is 10.6 Å². The lowest BCUT2D eigenvalue weighted by Gasteiger charge is -2.07. The van der Waals surface area contributed by atoms with Crippen molar-refractivity contribution in [3.63, 3.8) is 0 Å². The van der Waals surface area contributed by atoms with Gasteiger partial charge in [-0.3, -0.25) is 0 Å². The normalized spacial score (nSPS) is 11.8. The smallest absolute Gasteiger partial charge is 0.178 e. The Balaban J connectivity index is 2.41. The van der Waals surface area contributed by atoms with E-state index in [0.717, 1.165) is 30.0 Å². The van der Waals surface area contributed by atoms with E-state index in [4.69, 9.17) is 0 Å². The Bertz CT molecular complexity index is 624. The van der Waals surface area contributed by atoms with Crippen LogP contribution in [0.5, 0.6) is 0 Å². The third-order valence-electron chi connectivity index (χ3n) is 3.10. The van der Waals surface area contributed by atoms with Crippen molar-refractivity contribution in [2.24, 2.45) is 0 Å². The molecule has 0 aliphatic heterocycles. The molecule has 0 aliphatic rings. The highest BCUT2D eigenvalue weighted by molar-refractivity contribution is 7.91. The SMILES string of the molecule is CCCCCS(=O)(=O)c1cccc2ccccc12. The summed E-state index contributed by atoms with van der Waals surface area (Å²) >= 11 is 0. The fraction of sp³-hybridized carbons (Fsp3) is 0.333. The van der Waals surface area contributed by atoms with Crippen molar-refractivity contribution in [2.45, 2.75) is 31.1 Å². The molecule has 0 amide bonds. The zero-order valence-electron chi connectivity index (χ0n) is 10.6. The molecule has 0 saturated heterocycles. The van der Waals surface area contributed by atoms with Crippen molar-refractivity contribution < 1.29 is 8.42 Å². The molecule has 0 bridgehead atoms. The van der Waals surface area contributed by atoms with Crippen LogP contribution in [0.25, 0.3) is 10.8 Å². The van der Waals surface area contributed by atoms with Gasteiger partial charge < -0.3 is 0 Å². The molecular weight excluding hydrogens is 244 g/mol. The fourth-order valence-corrected chi connectivity index (χ4v) is 3.73. The Kier molecular flexibility index (Phi) is 4.02. The van der Waals surface area contributed by atoms with E-state index in [1.807, 2.05) is 36.4 Å². The van der Waals surface area contributed by atoms with E-state index in [9.17, 15) is 8.42 Å². The molecule has 2 aromatic rings. The van der Waals surface area contributed by atoms with Gasteiger partial charge >= 0.3 is 0 Å². The maximum atomic E-state index is 12.3. The van der Waals surface area contributed by atoms with E-state index in [2.05, 4.69) is 6.92 Å². The van der Waals surface area contributed by atoms with Crippen LogP contribution in [0.15, 0.2) is 47.4 Å². The maximum Gasteiger partial charge on any atom is 0.178 e. The predicted molar refractivity (Wildman–Crippen MR) is 75.5 cm³/mol. The first-order valence-electron chi connectivity index (χ1n) is 6.35. The van der Waals surface area contributed by atoms with Gasteiger partial charge in [0.15, 0.2) is 9.84 Å². The van der Waals surface area contributed by atoms with Crippen LogP contribution < -0.4 is 0 Å². The highest BCUT2D eigenvalue weighted by Crippen LogP contribution is 2.24. The average Bonchev–Trinajstić information content (AvgIpc) is 2.38. The molecule has 96 valence electrons. The molecule has 0 radical (unpaired) electrons. The lowest BCUT2D eigenvalue weighted by molar-refractivity contribution is 0.592. The quantitative estimate of drug-likeness (QED) is 0.768. The first-order chi connectivity index (χ1) is 8.65. The van der Waals surface area contributed by atoms with E-state index in [1.165, 1.54) is 0 Å². The minimum absolute atomic E-state index is 0.245. The van der Waals surface area contributed by atoms with Crippen molar-refractivity contribution in [3.8, 4) is 0 Å². The Labute approximate surface area is 109 Å². The lowest BCUT2D eigenvalue weighted by atomic mass is 10.1. The molecule has 18 heavy (non-hydrogen) atoms. The minimum Gasteiger partial charge on any atom is -0.224 e. The largest absolute Gasteiger partial charge is 0.224 e. The number of benzene rings is 2. The van der Waals surface area contributed by atoms with E-state index >= 15 is 0 Å². The number of hydrogen-bond acceptors (Lipinski definition) is 2. The summed E-state index contributed by atoms with van der Waals surface area (Å²) in [7, 11) is -3.16. The summed E-state index contributed by atoms with van der Waals surface area (Å²) in [5.41, 5.74) is 0. The van der Waals surface area contributed by atoms with Crippen LogP contribution in [0.1, 0.15) is 26.2 Å². The number of rotatable bonds is 5. The Morgan fingerprint density at radius 3 is 2.44 bits per heavy atom. The molecule has 0 saturated carbocycles. The summed E-state index contributed by atoms with van der Waals surface area (Å²) in [6, 6.07) is 13.1. The summed E-state index contributed by atoms with van der Waals surface area (Å²) in [6.07, 6.45) is 2.73. The van der Waals surface area contributed by atoms with Gasteiger partial charge in [-0.05, 0) is 17.9 Å². The summed E-state index contributed by atoms with van der Waals surface area (Å²) in [6.45, 7) is 2.07. The van der Waals surface area contributed by atoms with Gasteiger partial charge in [0, 0.05) is 5.39 Å². The second kappa shape index (κ2) is 5.53. The van der Waals surface area contributed by atoms with Crippen LogP contribution in [0.4, 0.5) is 0 Å². The van der Waals surface area contributed by atoms with Crippen LogP contribution in [0.3, 0.4) is 0 Å². The van der Waals surface area contributed by atoms with Crippen molar-refractivity contribution in [2.75, 3.05) is 5.75 Å². The van der Waals surface area contributed by atoms with Crippen molar-refractivity contribution in [1.82, 2.24) is 0 Å². The van der Waals surface area contributed by atoms with E-state index in [1.54, 1.807) is 6.07 Å². The van der Waals surface area contributed by atoms with Gasteiger partial charge in [-0.25, -0.2) is 8.42 Å². The first-order valence-corrected chi connectivity index (χ1v) is 8.01. The Morgan fingerprint density at radius 2 is 1.67 bits per heavy atom. The van der Waals surface area contributed by atoms with Crippen molar-refractivity contribution >= 4 is 20.6 Å². The first kappa shape index (κ1) is 13.1. The topological polar surface area (TPSA) is 34.1 Å². The van der Waals surface area contributed by atoms with E-state index in [-0.39, 0.29) is 5.75 Å². The zero-order valence-corrected chi connectivity index (χ0v) is 11.4. The van der Waals surface area contributed by atoms with Crippen LogP contribution in [0.2, 0.25) is 0 Å². The molecule has 2 aromatic carbocycles. The summed E-state index contributed by atoms with van der Waals surface area (Å²) in [4.78, 5) is 0.469. The van der Waals surface area contributed by atoms with Gasteiger partial charge in [0.2, 0.25) is 0 Å². The zero-order chi connectivity index (χ0) is 13.0. The number of unbranched alkanes of at least 4 members (excludes halogenated alkanes) is 2. The third kappa shape index (κ3) is 2.72. The summed E-state index contributed by atoms with van der Waals surface area (Å²) in [5.74, 6) is 0.245. The summed E-state index contributed by atoms with van der Waals surface area (Å²) in [5, 5.41) is 1.81. The second-order valence-electron chi connectivity index (χ2n) is 4.50. The van der Waals surface area contributed by atoms with Crippen molar-refractivity contribution in [3.05, 3.63) is 42.5 Å². The molecule has 0 atom stereocenters. The van der Waals surface area contributed by atoms with E-state index in [0.29, 0.717) is 4.90 Å². The fourth-order valence-electron chi connectivity index (χ4n) is 2.12.